The molecule has 0 aliphatic rings. The Kier molecular flexibility index (Phi) is 6.86. The zero-order chi connectivity index (χ0) is 13.2. The van der Waals surface area contributed by atoms with Crippen LogP contribution in [-0.2, 0) is 6.42 Å². The minimum absolute atomic E-state index is 1.22. The number of hydrogen-bond donors (Lipinski definition) is 0. The lowest BCUT2D eigenvalue weighted by Gasteiger charge is -2.06. The third kappa shape index (κ3) is 4.03. The topological polar surface area (TPSA) is 0 Å². The van der Waals surface area contributed by atoms with Crippen LogP contribution in [0.3, 0.4) is 0 Å². The van der Waals surface area contributed by atoms with Crippen molar-refractivity contribution in [1.82, 2.24) is 0 Å². The summed E-state index contributed by atoms with van der Waals surface area (Å²) in [5.41, 5.74) is 1.51. The standard InChI is InChI=1S/C16H20.C2H4/c1-2-3-4-5-9-14-11-8-12-15-10-6-7-13-16(14)15;1-2/h6-8,10-13H,2-5,9H2,1H3;1-2H2. The third-order valence-electron chi connectivity index (χ3n) is 3.18. The minimum atomic E-state index is 1.22. The van der Waals surface area contributed by atoms with Crippen LogP contribution in [0.15, 0.2) is 55.6 Å². The Bertz CT molecular complexity index is 451. The van der Waals surface area contributed by atoms with Gasteiger partial charge in [0.25, 0.3) is 0 Å². The number of unbranched alkanes of at least 4 members (excludes halogenated alkanes) is 3. The maximum absolute atomic E-state index is 3.00. The van der Waals surface area contributed by atoms with Crippen molar-refractivity contribution in [3.63, 3.8) is 0 Å². The molecule has 18 heavy (non-hydrogen) atoms. The summed E-state index contributed by atoms with van der Waals surface area (Å²) < 4.78 is 0. The van der Waals surface area contributed by atoms with Crippen LogP contribution < -0.4 is 0 Å². The molecule has 2 aromatic carbocycles. The molecule has 0 spiro atoms. The van der Waals surface area contributed by atoms with Gasteiger partial charge in [0.2, 0.25) is 0 Å². The normalized spacial score (nSPS) is 9.83. The highest BCUT2D eigenvalue weighted by Crippen LogP contribution is 2.20. The first-order valence-electron chi connectivity index (χ1n) is 6.88. The van der Waals surface area contributed by atoms with E-state index in [0.29, 0.717) is 0 Å². The lowest BCUT2D eigenvalue weighted by atomic mass is 9.99. The van der Waals surface area contributed by atoms with Gasteiger partial charge in [-0.3, -0.25) is 0 Å². The van der Waals surface area contributed by atoms with Crippen molar-refractivity contribution in [3.8, 4) is 0 Å². The first-order valence-corrected chi connectivity index (χ1v) is 6.88. The maximum Gasteiger partial charge on any atom is -0.0152 e. The number of hydrogen-bond acceptors (Lipinski definition) is 0. The van der Waals surface area contributed by atoms with Crippen molar-refractivity contribution in [2.75, 3.05) is 0 Å². The molecule has 0 saturated carbocycles. The molecule has 0 aromatic heterocycles. The molecule has 0 fully saturated rings. The van der Waals surface area contributed by atoms with Gasteiger partial charge in [-0.2, -0.15) is 0 Å². The van der Waals surface area contributed by atoms with Crippen LogP contribution in [0, 0.1) is 0 Å². The Morgan fingerprint density at radius 3 is 2.33 bits per heavy atom. The highest BCUT2D eigenvalue weighted by atomic mass is 14.0. The van der Waals surface area contributed by atoms with Gasteiger partial charge in [0.05, 0.1) is 0 Å². The monoisotopic (exact) mass is 240 g/mol. The van der Waals surface area contributed by atoms with E-state index in [-0.39, 0.29) is 0 Å². The summed E-state index contributed by atoms with van der Waals surface area (Å²) in [5.74, 6) is 0. The van der Waals surface area contributed by atoms with E-state index in [1.165, 1.54) is 48.4 Å². The number of rotatable bonds is 5. The fourth-order valence-electron chi connectivity index (χ4n) is 2.25. The Morgan fingerprint density at radius 2 is 1.56 bits per heavy atom. The van der Waals surface area contributed by atoms with E-state index in [4.69, 9.17) is 0 Å². The number of aryl methyl sites for hydroxylation is 1. The summed E-state index contributed by atoms with van der Waals surface area (Å²) in [6.45, 7) is 8.26. The summed E-state index contributed by atoms with van der Waals surface area (Å²) in [6.07, 6.45) is 6.59. The van der Waals surface area contributed by atoms with Crippen LogP contribution in [0.2, 0.25) is 0 Å². The molecule has 0 aliphatic heterocycles. The van der Waals surface area contributed by atoms with Crippen LogP contribution >= 0.6 is 0 Å². The molecule has 0 unspecified atom stereocenters. The Hall–Kier alpha value is -1.56. The molecule has 2 aromatic rings. The highest BCUT2D eigenvalue weighted by Gasteiger charge is 1.99. The summed E-state index contributed by atoms with van der Waals surface area (Å²) in [4.78, 5) is 0. The van der Waals surface area contributed by atoms with Gasteiger partial charge in [0.15, 0.2) is 0 Å². The van der Waals surface area contributed by atoms with E-state index in [1.807, 2.05) is 0 Å². The van der Waals surface area contributed by atoms with E-state index >= 15 is 0 Å². The molecular formula is C18H24. The maximum atomic E-state index is 3.00. The minimum Gasteiger partial charge on any atom is -0.106 e. The molecule has 0 N–H and O–H groups in total. The summed E-state index contributed by atoms with van der Waals surface area (Å²) >= 11 is 0. The molecule has 0 aliphatic carbocycles. The van der Waals surface area contributed by atoms with Gasteiger partial charge in [-0.05, 0) is 29.2 Å². The van der Waals surface area contributed by atoms with Gasteiger partial charge < -0.3 is 0 Å². The molecule has 0 nitrogen and oxygen atoms in total. The second-order valence-corrected chi connectivity index (χ2v) is 4.45. The SMILES string of the molecule is C=C.CCCCCCc1cccc2ccccc12. The van der Waals surface area contributed by atoms with Crippen molar-refractivity contribution in [2.45, 2.75) is 39.0 Å². The number of fused-ring (bicyclic) bond motifs is 1. The van der Waals surface area contributed by atoms with Crippen molar-refractivity contribution in [1.29, 1.82) is 0 Å². The molecule has 2 rings (SSSR count). The van der Waals surface area contributed by atoms with E-state index in [9.17, 15) is 0 Å². The molecule has 0 amide bonds. The molecule has 0 bridgehead atoms. The second-order valence-electron chi connectivity index (χ2n) is 4.45. The predicted molar refractivity (Wildman–Crippen MR) is 83.0 cm³/mol. The Morgan fingerprint density at radius 1 is 0.833 bits per heavy atom. The van der Waals surface area contributed by atoms with Crippen LogP contribution in [-0.4, -0.2) is 0 Å². The van der Waals surface area contributed by atoms with Crippen LogP contribution in [0.1, 0.15) is 38.2 Å². The van der Waals surface area contributed by atoms with Gasteiger partial charge in [0.1, 0.15) is 0 Å². The summed E-state index contributed by atoms with van der Waals surface area (Å²) in [6, 6.07) is 15.3. The second kappa shape index (κ2) is 8.52. The van der Waals surface area contributed by atoms with E-state index in [2.05, 4.69) is 62.5 Å². The highest BCUT2D eigenvalue weighted by molar-refractivity contribution is 5.85. The van der Waals surface area contributed by atoms with Crippen molar-refractivity contribution >= 4 is 10.8 Å². The molecule has 0 saturated heterocycles. The molecule has 0 heteroatoms. The number of benzene rings is 2. The van der Waals surface area contributed by atoms with Gasteiger partial charge in [0, 0.05) is 0 Å². The molecular weight excluding hydrogens is 216 g/mol. The lowest BCUT2D eigenvalue weighted by molar-refractivity contribution is 0.668. The molecule has 96 valence electrons. The average molecular weight is 240 g/mol. The summed E-state index contributed by atoms with van der Waals surface area (Å²) in [5, 5.41) is 2.80. The lowest BCUT2D eigenvalue weighted by Crippen LogP contribution is -1.87. The Labute approximate surface area is 111 Å². The fraction of sp³-hybridized carbons (Fsp3) is 0.333. The van der Waals surface area contributed by atoms with Gasteiger partial charge in [-0.1, -0.05) is 68.7 Å². The smallest absolute Gasteiger partial charge is 0.0152 e. The molecule has 0 radical (unpaired) electrons. The van der Waals surface area contributed by atoms with E-state index in [0.717, 1.165) is 0 Å². The first-order chi connectivity index (χ1) is 8.92. The van der Waals surface area contributed by atoms with E-state index in [1.54, 1.807) is 0 Å². The van der Waals surface area contributed by atoms with Crippen molar-refractivity contribution in [3.05, 3.63) is 61.2 Å². The van der Waals surface area contributed by atoms with Gasteiger partial charge >= 0.3 is 0 Å². The zero-order valence-electron chi connectivity index (χ0n) is 11.5. The van der Waals surface area contributed by atoms with Crippen molar-refractivity contribution < 1.29 is 0 Å². The van der Waals surface area contributed by atoms with Crippen LogP contribution in [0.25, 0.3) is 10.8 Å². The van der Waals surface area contributed by atoms with Gasteiger partial charge in [-0.25, -0.2) is 0 Å². The van der Waals surface area contributed by atoms with Crippen LogP contribution in [0.5, 0.6) is 0 Å². The largest absolute Gasteiger partial charge is 0.106 e. The average Bonchev–Trinajstić information content (AvgIpc) is 2.46. The third-order valence-corrected chi connectivity index (χ3v) is 3.18. The fourth-order valence-corrected chi connectivity index (χ4v) is 2.25. The predicted octanol–water partition coefficient (Wildman–Crippen LogP) is 5.76. The van der Waals surface area contributed by atoms with Gasteiger partial charge in [-0.15, -0.1) is 13.2 Å². The Balaban J connectivity index is 0.000000771. The zero-order valence-corrected chi connectivity index (χ0v) is 11.5. The summed E-state index contributed by atoms with van der Waals surface area (Å²) in [7, 11) is 0. The van der Waals surface area contributed by atoms with Crippen LogP contribution in [0.4, 0.5) is 0 Å². The molecule has 0 atom stereocenters. The van der Waals surface area contributed by atoms with E-state index < -0.39 is 0 Å². The van der Waals surface area contributed by atoms with Crippen molar-refractivity contribution in [2.24, 2.45) is 0 Å². The first kappa shape index (κ1) is 14.5. The molecule has 0 heterocycles. The quantitative estimate of drug-likeness (QED) is 0.460.